The van der Waals surface area contributed by atoms with Gasteiger partial charge >= 0.3 is 0 Å². The number of rotatable bonds is 5. The van der Waals surface area contributed by atoms with E-state index < -0.39 is 0 Å². The normalized spacial score (nSPS) is 10.3. The minimum absolute atomic E-state index is 0.905. The van der Waals surface area contributed by atoms with Gasteiger partial charge in [0.1, 0.15) is 5.75 Å². The number of hydrogen-bond acceptors (Lipinski definition) is 3. The second-order valence-corrected chi connectivity index (χ2v) is 5.25. The Balaban J connectivity index is 1.82. The molecule has 94 valence electrons. The van der Waals surface area contributed by atoms with Crippen LogP contribution >= 0.6 is 11.8 Å². The molecule has 0 aliphatic rings. The van der Waals surface area contributed by atoms with Crippen molar-refractivity contribution in [2.45, 2.75) is 18.2 Å². The number of hydrogen-bond donors (Lipinski definition) is 0. The summed E-state index contributed by atoms with van der Waals surface area (Å²) in [5.74, 6) is 1.97. The molecular formula is C15H17NOS. The molecule has 0 aliphatic heterocycles. The lowest BCUT2D eigenvalue weighted by Gasteiger charge is -2.04. The third-order valence-electron chi connectivity index (χ3n) is 2.69. The topological polar surface area (TPSA) is 22.1 Å². The Morgan fingerprint density at radius 3 is 2.50 bits per heavy atom. The Hall–Kier alpha value is -1.48. The summed E-state index contributed by atoms with van der Waals surface area (Å²) < 4.78 is 5.14. The largest absolute Gasteiger partial charge is 0.497 e. The van der Waals surface area contributed by atoms with Gasteiger partial charge in [0.2, 0.25) is 0 Å². The summed E-state index contributed by atoms with van der Waals surface area (Å²) >= 11 is 1.86. The molecule has 1 aromatic carbocycles. The van der Waals surface area contributed by atoms with Crippen LogP contribution in [0.2, 0.25) is 0 Å². The number of methoxy groups -OCH3 is 1. The summed E-state index contributed by atoms with van der Waals surface area (Å²) in [6.45, 7) is 2.01. The highest BCUT2D eigenvalue weighted by molar-refractivity contribution is 7.99. The molecule has 2 rings (SSSR count). The Labute approximate surface area is 112 Å². The Morgan fingerprint density at radius 1 is 1.11 bits per heavy atom. The van der Waals surface area contributed by atoms with Crippen LogP contribution < -0.4 is 4.74 Å². The quantitative estimate of drug-likeness (QED) is 0.764. The highest BCUT2D eigenvalue weighted by Crippen LogP contribution is 2.22. The van der Waals surface area contributed by atoms with Crippen LogP contribution in [0.3, 0.4) is 0 Å². The van der Waals surface area contributed by atoms with Gasteiger partial charge in [0.25, 0.3) is 0 Å². The van der Waals surface area contributed by atoms with E-state index in [0.29, 0.717) is 0 Å². The van der Waals surface area contributed by atoms with E-state index >= 15 is 0 Å². The molecule has 0 amide bonds. The summed E-state index contributed by atoms with van der Waals surface area (Å²) in [4.78, 5) is 5.58. The van der Waals surface area contributed by atoms with Crippen molar-refractivity contribution in [2.75, 3.05) is 12.9 Å². The first-order valence-electron chi connectivity index (χ1n) is 5.96. The maximum Gasteiger partial charge on any atom is 0.118 e. The Morgan fingerprint density at radius 2 is 1.89 bits per heavy atom. The molecule has 18 heavy (non-hydrogen) atoms. The Kier molecular flexibility index (Phi) is 4.65. The van der Waals surface area contributed by atoms with Gasteiger partial charge in [0.05, 0.1) is 7.11 Å². The molecule has 1 aromatic heterocycles. The number of aryl methyl sites for hydroxylation is 2. The van der Waals surface area contributed by atoms with Crippen LogP contribution in [0.4, 0.5) is 0 Å². The van der Waals surface area contributed by atoms with Crippen molar-refractivity contribution in [3.63, 3.8) is 0 Å². The molecule has 2 aromatic rings. The fourth-order valence-electron chi connectivity index (χ4n) is 1.61. The van der Waals surface area contributed by atoms with Crippen LogP contribution in [0, 0.1) is 6.92 Å². The second kappa shape index (κ2) is 6.45. The van der Waals surface area contributed by atoms with E-state index in [-0.39, 0.29) is 0 Å². The number of aromatic nitrogens is 1. The van der Waals surface area contributed by atoms with Gasteiger partial charge in [-0.3, -0.25) is 4.98 Å². The second-order valence-electron chi connectivity index (χ2n) is 4.08. The molecule has 0 spiro atoms. The molecule has 0 fully saturated rings. The number of ether oxygens (including phenoxy) is 1. The average molecular weight is 259 g/mol. The van der Waals surface area contributed by atoms with Crippen molar-refractivity contribution in [3.05, 3.63) is 53.9 Å². The third-order valence-corrected chi connectivity index (χ3v) is 3.71. The van der Waals surface area contributed by atoms with E-state index in [1.807, 2.05) is 37.0 Å². The molecule has 0 saturated carbocycles. The van der Waals surface area contributed by atoms with E-state index in [0.717, 1.165) is 23.6 Å². The lowest BCUT2D eigenvalue weighted by molar-refractivity contribution is 0.414. The average Bonchev–Trinajstić information content (AvgIpc) is 2.42. The predicted molar refractivity (Wildman–Crippen MR) is 76.4 cm³/mol. The minimum Gasteiger partial charge on any atom is -0.497 e. The molecule has 0 unspecified atom stereocenters. The van der Waals surface area contributed by atoms with E-state index in [1.54, 1.807) is 7.11 Å². The van der Waals surface area contributed by atoms with Gasteiger partial charge in [-0.05, 0) is 49.2 Å². The van der Waals surface area contributed by atoms with Gasteiger partial charge in [-0.25, -0.2) is 0 Å². The standard InChI is InChI=1S/C15H17NOS/c1-12-3-4-13(11-16-12)9-10-18-15-7-5-14(17-2)6-8-15/h3-8,11H,9-10H2,1-2H3. The lowest BCUT2D eigenvalue weighted by atomic mass is 10.2. The van der Waals surface area contributed by atoms with Gasteiger partial charge < -0.3 is 4.74 Å². The molecule has 2 nitrogen and oxygen atoms in total. The number of benzene rings is 1. The highest BCUT2D eigenvalue weighted by atomic mass is 32.2. The van der Waals surface area contributed by atoms with Crippen LogP contribution in [0.15, 0.2) is 47.5 Å². The fourth-order valence-corrected chi connectivity index (χ4v) is 2.51. The smallest absolute Gasteiger partial charge is 0.118 e. The van der Waals surface area contributed by atoms with Crippen molar-refractivity contribution < 1.29 is 4.74 Å². The molecule has 0 N–H and O–H groups in total. The van der Waals surface area contributed by atoms with Crippen molar-refractivity contribution in [3.8, 4) is 5.75 Å². The predicted octanol–water partition coefficient (Wildman–Crippen LogP) is 3.73. The van der Waals surface area contributed by atoms with E-state index in [1.165, 1.54) is 10.5 Å². The first-order chi connectivity index (χ1) is 8.78. The van der Waals surface area contributed by atoms with Gasteiger partial charge in [-0.2, -0.15) is 0 Å². The zero-order valence-electron chi connectivity index (χ0n) is 10.7. The molecular weight excluding hydrogens is 242 g/mol. The zero-order valence-corrected chi connectivity index (χ0v) is 11.5. The fraction of sp³-hybridized carbons (Fsp3) is 0.267. The SMILES string of the molecule is COc1ccc(SCCc2ccc(C)nc2)cc1. The Bertz CT molecular complexity index is 479. The minimum atomic E-state index is 0.905. The van der Waals surface area contributed by atoms with Gasteiger partial charge in [0.15, 0.2) is 0 Å². The van der Waals surface area contributed by atoms with Crippen LogP contribution in [0.1, 0.15) is 11.3 Å². The van der Waals surface area contributed by atoms with Crippen molar-refractivity contribution in [1.82, 2.24) is 4.98 Å². The van der Waals surface area contributed by atoms with Crippen molar-refractivity contribution >= 4 is 11.8 Å². The first-order valence-corrected chi connectivity index (χ1v) is 6.95. The molecule has 1 heterocycles. The maximum atomic E-state index is 5.14. The summed E-state index contributed by atoms with van der Waals surface area (Å²) in [6, 6.07) is 12.4. The van der Waals surface area contributed by atoms with E-state index in [2.05, 4.69) is 29.2 Å². The molecule has 3 heteroatoms. The summed E-state index contributed by atoms with van der Waals surface area (Å²) in [6.07, 6.45) is 3.01. The molecule has 0 atom stereocenters. The molecule has 0 radical (unpaired) electrons. The van der Waals surface area contributed by atoms with Crippen LogP contribution in [0.5, 0.6) is 5.75 Å². The summed E-state index contributed by atoms with van der Waals surface area (Å²) in [7, 11) is 1.69. The lowest BCUT2D eigenvalue weighted by Crippen LogP contribution is -1.90. The van der Waals surface area contributed by atoms with Crippen molar-refractivity contribution in [2.24, 2.45) is 0 Å². The maximum absolute atomic E-state index is 5.14. The molecule has 0 aliphatic carbocycles. The van der Waals surface area contributed by atoms with Crippen LogP contribution in [-0.2, 0) is 6.42 Å². The summed E-state index contributed by atoms with van der Waals surface area (Å²) in [5.41, 5.74) is 2.36. The monoisotopic (exact) mass is 259 g/mol. The van der Waals surface area contributed by atoms with Gasteiger partial charge in [-0.1, -0.05) is 6.07 Å². The van der Waals surface area contributed by atoms with Gasteiger partial charge in [0, 0.05) is 22.5 Å². The zero-order chi connectivity index (χ0) is 12.8. The van der Waals surface area contributed by atoms with Gasteiger partial charge in [-0.15, -0.1) is 11.8 Å². The number of nitrogens with zero attached hydrogens (tertiary/aromatic N) is 1. The highest BCUT2D eigenvalue weighted by Gasteiger charge is 1.97. The molecule has 0 bridgehead atoms. The van der Waals surface area contributed by atoms with Crippen LogP contribution in [-0.4, -0.2) is 17.8 Å². The van der Waals surface area contributed by atoms with Crippen molar-refractivity contribution in [1.29, 1.82) is 0 Å². The summed E-state index contributed by atoms with van der Waals surface area (Å²) in [5, 5.41) is 0. The third kappa shape index (κ3) is 3.77. The van der Waals surface area contributed by atoms with Crippen LogP contribution in [0.25, 0.3) is 0 Å². The van der Waals surface area contributed by atoms with E-state index in [4.69, 9.17) is 4.74 Å². The number of pyridine rings is 1. The molecule has 0 saturated heterocycles. The first kappa shape index (κ1) is 13.0. The number of thioether (sulfide) groups is 1. The van der Waals surface area contributed by atoms with E-state index in [9.17, 15) is 0 Å².